The fourth-order valence-corrected chi connectivity index (χ4v) is 11.1. The first kappa shape index (κ1) is 30.4. The van der Waals surface area contributed by atoms with Gasteiger partial charge in [-0.25, -0.2) is 0 Å². The lowest BCUT2D eigenvalue weighted by molar-refractivity contribution is -0.121. The monoisotopic (exact) mass is 650 g/mol. The van der Waals surface area contributed by atoms with Gasteiger partial charge in [-0.05, 0) is 85.0 Å². The molecule has 0 saturated heterocycles. The molecule has 6 atom stereocenters. The van der Waals surface area contributed by atoms with Crippen LogP contribution in [0, 0.1) is 13.8 Å². The van der Waals surface area contributed by atoms with Crippen molar-refractivity contribution in [1.82, 2.24) is 0 Å². The second kappa shape index (κ2) is 9.78. The first-order valence-electron chi connectivity index (χ1n) is 15.8. The van der Waals surface area contributed by atoms with Gasteiger partial charge < -0.3 is 30.6 Å². The molecule has 4 aliphatic rings. The summed E-state index contributed by atoms with van der Waals surface area (Å²) in [7, 11) is 0. The van der Waals surface area contributed by atoms with Crippen molar-refractivity contribution in [1.29, 1.82) is 0 Å². The Morgan fingerprint density at radius 2 is 1.04 bits per heavy atom. The quantitative estimate of drug-likeness (QED) is 0.180. The van der Waals surface area contributed by atoms with Gasteiger partial charge in [-0.2, -0.15) is 0 Å². The van der Waals surface area contributed by atoms with Gasteiger partial charge in [-0.3, -0.25) is 9.59 Å². The van der Waals surface area contributed by atoms with Crippen LogP contribution in [0.5, 0.6) is 11.5 Å². The Labute approximate surface area is 275 Å². The standard InChI is InChI=1S/C38H34O8S/c1-19-9-11-25-21(17-19)13-15-35(33(43)29-23(5-3-7-27(29)39)31(41)37(25,35)45)47-36-16-14-22-18-20(2)10-12-26(22)38(36,46)32(42)24-6-4-8-28(40)30(24)34(36)44/h3-12,17-18,31-32,39-42,45-46H,13-16H2,1-2H3/t31-,32-,35-,36-,37-,38-/m0/s1. The van der Waals surface area contributed by atoms with Crippen LogP contribution in [0.1, 0.15) is 90.3 Å². The normalized spacial score (nSPS) is 32.0. The number of hydrogen-bond acceptors (Lipinski definition) is 9. The molecule has 0 saturated carbocycles. The lowest BCUT2D eigenvalue weighted by Crippen LogP contribution is -2.70. The zero-order chi connectivity index (χ0) is 33.3. The summed E-state index contributed by atoms with van der Waals surface area (Å²) in [4.78, 5) is 30.2. The molecule has 0 heterocycles. The lowest BCUT2D eigenvalue weighted by Gasteiger charge is -2.61. The van der Waals surface area contributed by atoms with Crippen molar-refractivity contribution in [3.05, 3.63) is 128 Å². The van der Waals surface area contributed by atoms with Gasteiger partial charge in [0.25, 0.3) is 0 Å². The molecule has 4 aromatic carbocycles. The number of carbonyl (C=O) groups excluding carboxylic acids is 2. The SMILES string of the molecule is Cc1ccc2c(c1)CC[C@]1(S[C@]34CCc5cc(C)ccc5[C@]3(O)[C@@H](O)c3cccc(O)c3C4=O)C(=O)c3c(O)cccc3[C@H](O)[C@@]21O. The molecule has 9 heteroatoms. The second-order valence-electron chi connectivity index (χ2n) is 13.6. The van der Waals surface area contributed by atoms with Crippen molar-refractivity contribution in [2.75, 3.05) is 0 Å². The minimum atomic E-state index is -2.32. The number of rotatable bonds is 2. The maximum Gasteiger partial charge on any atom is 0.186 e. The van der Waals surface area contributed by atoms with E-state index in [1.54, 1.807) is 24.3 Å². The summed E-state index contributed by atoms with van der Waals surface area (Å²) in [5, 5.41) is 72.7. The number of ketones is 2. The van der Waals surface area contributed by atoms with Crippen molar-refractivity contribution in [2.24, 2.45) is 0 Å². The van der Waals surface area contributed by atoms with Crippen molar-refractivity contribution in [2.45, 2.75) is 72.4 Å². The first-order chi connectivity index (χ1) is 22.3. The zero-order valence-electron chi connectivity index (χ0n) is 25.8. The van der Waals surface area contributed by atoms with Gasteiger partial charge >= 0.3 is 0 Å². The Bertz CT molecular complexity index is 1910. The third kappa shape index (κ3) is 3.53. The Morgan fingerprint density at radius 3 is 1.45 bits per heavy atom. The molecule has 0 aromatic heterocycles. The van der Waals surface area contributed by atoms with Crippen LogP contribution < -0.4 is 0 Å². The zero-order valence-corrected chi connectivity index (χ0v) is 26.6. The summed E-state index contributed by atoms with van der Waals surface area (Å²) < 4.78 is -4.04. The number of aliphatic hydroxyl groups is 4. The van der Waals surface area contributed by atoms with Gasteiger partial charge in [-0.15, -0.1) is 11.8 Å². The second-order valence-corrected chi connectivity index (χ2v) is 15.2. The van der Waals surface area contributed by atoms with E-state index >= 15 is 9.59 Å². The van der Waals surface area contributed by atoms with Crippen LogP contribution in [0.4, 0.5) is 0 Å². The fraction of sp³-hybridized carbons (Fsp3) is 0.316. The number of aryl methyl sites for hydroxylation is 4. The summed E-state index contributed by atoms with van der Waals surface area (Å²) in [5.74, 6) is -2.13. The largest absolute Gasteiger partial charge is 0.507 e. The number of aliphatic hydroxyl groups excluding tert-OH is 2. The molecule has 8 rings (SSSR count). The summed E-state index contributed by atoms with van der Waals surface area (Å²) in [5.41, 5.74) is -0.907. The predicted octanol–water partition coefficient (Wildman–Crippen LogP) is 4.75. The number of phenols is 2. The maximum atomic E-state index is 15.1. The van der Waals surface area contributed by atoms with Crippen LogP contribution in [0.3, 0.4) is 0 Å². The molecule has 0 radical (unpaired) electrons. The third-order valence-electron chi connectivity index (χ3n) is 11.1. The minimum Gasteiger partial charge on any atom is -0.507 e. The summed E-state index contributed by atoms with van der Waals surface area (Å²) >= 11 is 0.765. The van der Waals surface area contributed by atoms with Crippen LogP contribution in [0.2, 0.25) is 0 Å². The van der Waals surface area contributed by atoms with Crippen LogP contribution in [-0.2, 0) is 24.0 Å². The molecule has 0 fully saturated rings. The molecular formula is C38H34O8S. The van der Waals surface area contributed by atoms with Crippen LogP contribution in [0.15, 0.2) is 72.8 Å². The topological polar surface area (TPSA) is 156 Å². The minimum absolute atomic E-state index is 0.0517. The van der Waals surface area contributed by atoms with E-state index in [0.29, 0.717) is 11.1 Å². The van der Waals surface area contributed by atoms with Gasteiger partial charge in [-0.1, -0.05) is 71.8 Å². The number of benzene rings is 4. The van der Waals surface area contributed by atoms with E-state index in [1.807, 2.05) is 26.0 Å². The number of Topliss-reactive ketones (excluding diaryl/α,β-unsaturated/α-hetero) is 2. The lowest BCUT2D eigenvalue weighted by atomic mass is 9.59. The van der Waals surface area contributed by atoms with Crippen molar-refractivity contribution in [3.8, 4) is 11.5 Å². The predicted molar refractivity (Wildman–Crippen MR) is 175 cm³/mol. The molecular weight excluding hydrogens is 616 g/mol. The molecule has 0 amide bonds. The van der Waals surface area contributed by atoms with E-state index in [4.69, 9.17) is 0 Å². The van der Waals surface area contributed by atoms with Gasteiger partial charge in [0.05, 0.1) is 11.1 Å². The Morgan fingerprint density at radius 1 is 0.638 bits per heavy atom. The maximum absolute atomic E-state index is 15.1. The molecule has 4 aromatic rings. The molecule has 240 valence electrons. The van der Waals surface area contributed by atoms with E-state index in [-0.39, 0.29) is 59.4 Å². The highest BCUT2D eigenvalue weighted by Gasteiger charge is 2.75. The average Bonchev–Trinajstić information content (AvgIpc) is 3.04. The van der Waals surface area contributed by atoms with Gasteiger partial charge in [0.1, 0.15) is 44.4 Å². The Kier molecular flexibility index (Phi) is 6.31. The van der Waals surface area contributed by atoms with E-state index in [0.717, 1.165) is 34.0 Å². The third-order valence-corrected chi connectivity index (χ3v) is 13.2. The van der Waals surface area contributed by atoms with Crippen molar-refractivity contribution < 1.29 is 40.2 Å². The highest BCUT2D eigenvalue weighted by Crippen LogP contribution is 2.70. The molecule has 47 heavy (non-hydrogen) atoms. The summed E-state index contributed by atoms with van der Waals surface area (Å²) in [6.07, 6.45) is -2.94. The number of carbonyl (C=O) groups is 2. The smallest absolute Gasteiger partial charge is 0.186 e. The highest BCUT2D eigenvalue weighted by atomic mass is 32.2. The van der Waals surface area contributed by atoms with Crippen molar-refractivity contribution >= 4 is 23.3 Å². The molecule has 0 aliphatic heterocycles. The van der Waals surface area contributed by atoms with Crippen LogP contribution in [-0.4, -0.2) is 51.7 Å². The highest BCUT2D eigenvalue weighted by molar-refractivity contribution is 8.03. The Hall–Kier alpha value is -3.99. The summed E-state index contributed by atoms with van der Waals surface area (Å²) in [6.45, 7) is 3.81. The number of phenolic OH excluding ortho intramolecular Hbond substituents is 2. The molecule has 0 unspecified atom stereocenters. The van der Waals surface area contributed by atoms with Gasteiger partial charge in [0.2, 0.25) is 0 Å². The fourth-order valence-electron chi connectivity index (χ4n) is 8.92. The molecule has 6 N–H and O–H groups in total. The molecule has 8 nitrogen and oxygen atoms in total. The first-order valence-corrected chi connectivity index (χ1v) is 16.6. The van der Waals surface area contributed by atoms with E-state index in [2.05, 4.69) is 0 Å². The number of aromatic hydroxyl groups is 2. The number of hydrogen-bond donors (Lipinski definition) is 6. The number of fused-ring (bicyclic) bond motifs is 8. The average molecular weight is 651 g/mol. The molecule has 0 bridgehead atoms. The molecule has 4 aliphatic carbocycles. The van der Waals surface area contributed by atoms with E-state index in [1.165, 1.54) is 36.4 Å². The summed E-state index contributed by atoms with van der Waals surface area (Å²) in [6, 6.07) is 19.4. The van der Waals surface area contributed by atoms with Gasteiger partial charge in [0, 0.05) is 0 Å². The number of thioether (sulfide) groups is 1. The van der Waals surface area contributed by atoms with Crippen LogP contribution in [0.25, 0.3) is 0 Å². The van der Waals surface area contributed by atoms with Gasteiger partial charge in [0.15, 0.2) is 11.6 Å². The Balaban J connectivity index is 1.46. The van der Waals surface area contributed by atoms with Crippen LogP contribution >= 0.6 is 11.8 Å². The van der Waals surface area contributed by atoms with Crippen molar-refractivity contribution in [3.63, 3.8) is 0 Å². The molecule has 0 spiro atoms. The van der Waals surface area contributed by atoms with E-state index in [9.17, 15) is 30.6 Å². The van der Waals surface area contributed by atoms with E-state index < -0.39 is 44.5 Å².